The van der Waals surface area contributed by atoms with Crippen LogP contribution in [-0.4, -0.2) is 33.6 Å². The number of fused-ring (bicyclic) bond motifs is 1. The maximum absolute atomic E-state index is 5.12. The van der Waals surface area contributed by atoms with Gasteiger partial charge in [-0.3, -0.25) is 0 Å². The lowest BCUT2D eigenvalue weighted by Gasteiger charge is -2.08. The number of hydrogen-bond donors (Lipinski definition) is 1. The van der Waals surface area contributed by atoms with Gasteiger partial charge in [0.2, 0.25) is 5.88 Å². The lowest BCUT2D eigenvalue weighted by atomic mass is 10.3. The number of hydrogen-bond acceptors (Lipinski definition) is 7. The van der Waals surface area contributed by atoms with Crippen LogP contribution in [0.15, 0.2) is 23.8 Å². The van der Waals surface area contributed by atoms with E-state index in [-0.39, 0.29) is 0 Å². The zero-order chi connectivity index (χ0) is 14.7. The highest BCUT2D eigenvalue weighted by Gasteiger charge is 2.12. The lowest BCUT2D eigenvalue weighted by molar-refractivity contribution is 0.397. The third kappa shape index (κ3) is 2.78. The minimum absolute atomic E-state index is 0.498. The first-order valence-electron chi connectivity index (χ1n) is 6.67. The van der Waals surface area contributed by atoms with Crippen molar-refractivity contribution in [3.8, 4) is 17.4 Å². The summed E-state index contributed by atoms with van der Waals surface area (Å²) in [7, 11) is 1.57. The van der Waals surface area contributed by atoms with Gasteiger partial charge in [0.1, 0.15) is 22.7 Å². The van der Waals surface area contributed by atoms with Gasteiger partial charge >= 0.3 is 0 Å². The average Bonchev–Trinajstić information content (AvgIpc) is 3.01. The van der Waals surface area contributed by atoms with Gasteiger partial charge in [0.15, 0.2) is 5.82 Å². The summed E-state index contributed by atoms with van der Waals surface area (Å²) in [6.07, 6.45) is 2.49. The molecule has 0 aromatic carbocycles. The Morgan fingerprint density at radius 3 is 3.00 bits per heavy atom. The minimum Gasteiger partial charge on any atom is -0.481 e. The Bertz CT molecular complexity index is 758. The van der Waals surface area contributed by atoms with Gasteiger partial charge in [0.25, 0.3) is 0 Å². The van der Waals surface area contributed by atoms with Crippen LogP contribution in [0.3, 0.4) is 0 Å². The van der Waals surface area contributed by atoms with Gasteiger partial charge in [-0.15, -0.1) is 11.3 Å². The van der Waals surface area contributed by atoms with Gasteiger partial charge in [-0.05, 0) is 17.9 Å². The molecular weight excluding hydrogens is 286 g/mol. The van der Waals surface area contributed by atoms with E-state index in [1.54, 1.807) is 24.5 Å². The van der Waals surface area contributed by atoms with Crippen LogP contribution in [0.1, 0.15) is 13.3 Å². The molecule has 0 saturated carbocycles. The van der Waals surface area contributed by atoms with E-state index in [0.717, 1.165) is 29.0 Å². The third-order valence-corrected chi connectivity index (χ3v) is 3.75. The highest BCUT2D eigenvalue weighted by molar-refractivity contribution is 7.16. The fourth-order valence-corrected chi connectivity index (χ4v) is 2.69. The van der Waals surface area contributed by atoms with Crippen LogP contribution in [0.2, 0.25) is 0 Å². The maximum Gasteiger partial charge on any atom is 0.216 e. The van der Waals surface area contributed by atoms with E-state index < -0.39 is 0 Å². The molecule has 3 aromatic rings. The average molecular weight is 301 g/mol. The molecule has 7 heteroatoms. The number of aromatic nitrogens is 4. The molecule has 1 N–H and O–H groups in total. The summed E-state index contributed by atoms with van der Waals surface area (Å²) < 4.78 is 5.12. The van der Waals surface area contributed by atoms with E-state index >= 15 is 0 Å². The second-order valence-corrected chi connectivity index (χ2v) is 5.30. The molecule has 0 saturated heterocycles. The summed E-state index contributed by atoms with van der Waals surface area (Å²) >= 11 is 1.59. The number of methoxy groups -OCH3 is 1. The molecule has 6 nitrogen and oxygen atoms in total. The standard InChI is InChI=1S/C14H15N5OS/c1-3-5-15-12-9-4-6-21-14(9)19-13(18-12)10-7-11(20-2)17-8-16-10/h4,6-8H,3,5H2,1-2H3,(H,15,18,19). The molecule has 0 aliphatic carbocycles. The van der Waals surface area contributed by atoms with E-state index in [1.807, 2.05) is 11.4 Å². The molecule has 3 rings (SSSR count). The largest absolute Gasteiger partial charge is 0.481 e. The normalized spacial score (nSPS) is 10.8. The molecule has 108 valence electrons. The highest BCUT2D eigenvalue weighted by atomic mass is 32.1. The summed E-state index contributed by atoms with van der Waals surface area (Å²) in [6, 6.07) is 3.76. The Balaban J connectivity index is 2.09. The Labute approximate surface area is 126 Å². The van der Waals surface area contributed by atoms with Crippen LogP contribution in [0, 0.1) is 0 Å². The van der Waals surface area contributed by atoms with Gasteiger partial charge in [-0.2, -0.15) is 0 Å². The lowest BCUT2D eigenvalue weighted by Crippen LogP contribution is -2.04. The molecule has 0 radical (unpaired) electrons. The second kappa shape index (κ2) is 6.01. The molecule has 0 spiro atoms. The van der Waals surface area contributed by atoms with Crippen molar-refractivity contribution >= 4 is 27.4 Å². The van der Waals surface area contributed by atoms with Crippen molar-refractivity contribution in [1.82, 2.24) is 19.9 Å². The number of thiophene rings is 1. The fourth-order valence-electron chi connectivity index (χ4n) is 1.92. The van der Waals surface area contributed by atoms with E-state index in [1.165, 1.54) is 6.33 Å². The molecule has 0 atom stereocenters. The molecule has 0 aliphatic heterocycles. The third-order valence-electron chi connectivity index (χ3n) is 2.95. The number of nitrogens with zero attached hydrogens (tertiary/aromatic N) is 4. The molecule has 0 amide bonds. The van der Waals surface area contributed by atoms with Gasteiger partial charge in [-0.1, -0.05) is 6.92 Å². The van der Waals surface area contributed by atoms with Gasteiger partial charge in [-0.25, -0.2) is 19.9 Å². The molecule has 0 aliphatic rings. The van der Waals surface area contributed by atoms with Crippen LogP contribution in [0.4, 0.5) is 5.82 Å². The van der Waals surface area contributed by atoms with Crippen LogP contribution in [-0.2, 0) is 0 Å². The van der Waals surface area contributed by atoms with Crippen LogP contribution < -0.4 is 10.1 Å². The van der Waals surface area contributed by atoms with Crippen LogP contribution >= 0.6 is 11.3 Å². The van der Waals surface area contributed by atoms with Gasteiger partial charge in [0, 0.05) is 12.6 Å². The van der Waals surface area contributed by atoms with Crippen LogP contribution in [0.25, 0.3) is 21.7 Å². The predicted octanol–water partition coefficient (Wildman–Crippen LogP) is 2.98. The second-order valence-electron chi connectivity index (χ2n) is 4.41. The quantitative estimate of drug-likeness (QED) is 0.781. The fraction of sp³-hybridized carbons (Fsp3) is 0.286. The Hall–Kier alpha value is -2.28. The zero-order valence-electron chi connectivity index (χ0n) is 11.8. The van der Waals surface area contributed by atoms with Crippen LogP contribution in [0.5, 0.6) is 5.88 Å². The first-order valence-corrected chi connectivity index (χ1v) is 7.55. The molecule has 0 bridgehead atoms. The summed E-state index contributed by atoms with van der Waals surface area (Å²) in [5.41, 5.74) is 0.650. The molecule has 0 fully saturated rings. The molecule has 3 aromatic heterocycles. The predicted molar refractivity (Wildman–Crippen MR) is 83.8 cm³/mol. The van der Waals surface area contributed by atoms with E-state index in [2.05, 4.69) is 32.2 Å². The minimum atomic E-state index is 0.498. The number of anilines is 1. The van der Waals surface area contributed by atoms with E-state index in [4.69, 9.17) is 4.74 Å². The zero-order valence-corrected chi connectivity index (χ0v) is 12.6. The van der Waals surface area contributed by atoms with Crippen molar-refractivity contribution in [3.05, 3.63) is 23.8 Å². The van der Waals surface area contributed by atoms with E-state index in [0.29, 0.717) is 17.4 Å². The van der Waals surface area contributed by atoms with Crippen molar-refractivity contribution in [2.45, 2.75) is 13.3 Å². The molecule has 0 unspecified atom stereocenters. The molecular formula is C14H15N5OS. The maximum atomic E-state index is 5.12. The summed E-state index contributed by atoms with van der Waals surface area (Å²) in [4.78, 5) is 18.3. The molecule has 3 heterocycles. The smallest absolute Gasteiger partial charge is 0.216 e. The summed E-state index contributed by atoms with van der Waals surface area (Å²) in [6.45, 7) is 2.99. The topological polar surface area (TPSA) is 72.8 Å². The number of ether oxygens (including phenoxy) is 1. The Kier molecular flexibility index (Phi) is 3.92. The monoisotopic (exact) mass is 301 g/mol. The van der Waals surface area contributed by atoms with Crippen molar-refractivity contribution < 1.29 is 4.74 Å². The van der Waals surface area contributed by atoms with Crippen molar-refractivity contribution in [1.29, 1.82) is 0 Å². The first kappa shape index (κ1) is 13.7. The Morgan fingerprint density at radius 2 is 2.19 bits per heavy atom. The summed E-state index contributed by atoms with van der Waals surface area (Å²) in [5, 5.41) is 6.40. The number of nitrogens with one attached hydrogen (secondary N) is 1. The molecule has 21 heavy (non-hydrogen) atoms. The highest BCUT2D eigenvalue weighted by Crippen LogP contribution is 2.28. The summed E-state index contributed by atoms with van der Waals surface area (Å²) in [5.74, 6) is 1.91. The first-order chi connectivity index (χ1) is 10.3. The van der Waals surface area contributed by atoms with Crippen molar-refractivity contribution in [2.24, 2.45) is 0 Å². The van der Waals surface area contributed by atoms with Gasteiger partial charge < -0.3 is 10.1 Å². The number of rotatable bonds is 5. The Morgan fingerprint density at radius 1 is 1.29 bits per heavy atom. The van der Waals surface area contributed by atoms with E-state index in [9.17, 15) is 0 Å². The van der Waals surface area contributed by atoms with Crippen molar-refractivity contribution in [3.63, 3.8) is 0 Å². The SMILES string of the molecule is CCCNc1nc(-c2cc(OC)ncn2)nc2sccc12. The van der Waals surface area contributed by atoms with Gasteiger partial charge in [0.05, 0.1) is 12.5 Å². The van der Waals surface area contributed by atoms with Crippen molar-refractivity contribution in [2.75, 3.05) is 19.0 Å².